The van der Waals surface area contributed by atoms with Gasteiger partial charge in [0.05, 0.1) is 0 Å². The molecule has 0 saturated carbocycles. The van der Waals surface area contributed by atoms with Crippen LogP contribution in [0.15, 0.2) is 37.2 Å². The predicted octanol–water partition coefficient (Wildman–Crippen LogP) is 0.701. The first-order valence-electron chi connectivity index (χ1n) is 5.56. The summed E-state index contributed by atoms with van der Waals surface area (Å²) in [5.74, 6) is 1.50. The molecule has 3 aromatic rings. The molecule has 7 nitrogen and oxygen atoms in total. The number of nitrogens with one attached hydrogen (secondary N) is 1. The molecule has 0 fully saturated rings. The first kappa shape index (κ1) is 10.6. The highest BCUT2D eigenvalue weighted by molar-refractivity contribution is 5.52. The minimum absolute atomic E-state index is 0.668. The Balaban J connectivity index is 1.70. The summed E-state index contributed by atoms with van der Waals surface area (Å²) in [5, 5.41) is 14.6. The lowest BCUT2D eigenvalue weighted by atomic mass is 10.3. The Hall–Kier alpha value is -2.57. The lowest BCUT2D eigenvalue weighted by Gasteiger charge is -1.96. The van der Waals surface area contributed by atoms with Crippen LogP contribution in [0.1, 0.15) is 5.82 Å². The highest BCUT2D eigenvalue weighted by Gasteiger charge is 2.05. The van der Waals surface area contributed by atoms with E-state index in [4.69, 9.17) is 0 Å². The van der Waals surface area contributed by atoms with Crippen LogP contribution in [0, 0.1) is 0 Å². The maximum Gasteiger partial charge on any atom is 0.182 e. The van der Waals surface area contributed by atoms with Gasteiger partial charge in [-0.3, -0.25) is 10.1 Å². The van der Waals surface area contributed by atoms with Gasteiger partial charge in [-0.05, 0) is 12.1 Å². The summed E-state index contributed by atoms with van der Waals surface area (Å²) >= 11 is 0. The monoisotopic (exact) mass is 241 g/mol. The molecule has 0 aromatic carbocycles. The van der Waals surface area contributed by atoms with Crippen molar-refractivity contribution in [1.82, 2.24) is 34.9 Å². The molecule has 0 bridgehead atoms. The zero-order valence-electron chi connectivity index (χ0n) is 9.56. The minimum atomic E-state index is 0.668. The van der Waals surface area contributed by atoms with Crippen molar-refractivity contribution in [2.24, 2.45) is 0 Å². The molecule has 0 atom stereocenters. The Morgan fingerprint density at radius 1 is 1.22 bits per heavy atom. The molecule has 90 valence electrons. The summed E-state index contributed by atoms with van der Waals surface area (Å²) in [6.07, 6.45) is 7.58. The minimum Gasteiger partial charge on any atom is -0.320 e. The number of aryl methyl sites for hydroxylation is 2. The van der Waals surface area contributed by atoms with E-state index in [2.05, 4.69) is 30.4 Å². The van der Waals surface area contributed by atoms with Crippen molar-refractivity contribution in [2.75, 3.05) is 0 Å². The van der Waals surface area contributed by atoms with Gasteiger partial charge >= 0.3 is 0 Å². The molecule has 3 rings (SSSR count). The van der Waals surface area contributed by atoms with E-state index in [0.717, 1.165) is 24.4 Å². The van der Waals surface area contributed by atoms with Crippen LogP contribution in [0.3, 0.4) is 0 Å². The Bertz CT molecular complexity index is 599. The Labute approximate surface area is 103 Å². The molecule has 0 amide bonds. The van der Waals surface area contributed by atoms with Crippen molar-refractivity contribution in [1.29, 1.82) is 0 Å². The summed E-state index contributed by atoms with van der Waals surface area (Å²) in [4.78, 5) is 8.46. The van der Waals surface area contributed by atoms with Gasteiger partial charge in [0.1, 0.15) is 18.5 Å². The molecular formula is C11H11N7. The van der Waals surface area contributed by atoms with Crippen molar-refractivity contribution in [3.63, 3.8) is 0 Å². The van der Waals surface area contributed by atoms with Crippen LogP contribution in [0.2, 0.25) is 0 Å². The van der Waals surface area contributed by atoms with E-state index in [1.165, 1.54) is 0 Å². The number of pyridine rings is 1. The SMILES string of the molecule is c1cncc(-c2n[nH]c(CCn3cnnc3)n2)c1. The molecule has 0 saturated heterocycles. The fourth-order valence-corrected chi connectivity index (χ4v) is 1.60. The zero-order valence-corrected chi connectivity index (χ0v) is 9.56. The first-order valence-corrected chi connectivity index (χ1v) is 5.56. The van der Waals surface area contributed by atoms with Gasteiger partial charge in [0.15, 0.2) is 5.82 Å². The average molecular weight is 241 g/mol. The summed E-state index contributed by atoms with van der Waals surface area (Å²) in [5.41, 5.74) is 0.907. The lowest BCUT2D eigenvalue weighted by molar-refractivity contribution is 0.671. The Kier molecular flexibility index (Phi) is 2.79. The van der Waals surface area contributed by atoms with Crippen LogP contribution in [0.4, 0.5) is 0 Å². The van der Waals surface area contributed by atoms with E-state index in [9.17, 15) is 0 Å². The summed E-state index contributed by atoms with van der Waals surface area (Å²) in [7, 11) is 0. The maximum atomic E-state index is 4.42. The van der Waals surface area contributed by atoms with Crippen LogP contribution in [-0.2, 0) is 13.0 Å². The highest BCUT2D eigenvalue weighted by Crippen LogP contribution is 2.12. The van der Waals surface area contributed by atoms with Crippen molar-refractivity contribution in [3.8, 4) is 11.4 Å². The number of nitrogens with zero attached hydrogens (tertiary/aromatic N) is 6. The Morgan fingerprint density at radius 2 is 2.11 bits per heavy atom. The molecule has 0 radical (unpaired) electrons. The highest BCUT2D eigenvalue weighted by atomic mass is 15.2. The van der Waals surface area contributed by atoms with E-state index in [1.54, 1.807) is 25.0 Å². The van der Waals surface area contributed by atoms with E-state index in [-0.39, 0.29) is 0 Å². The van der Waals surface area contributed by atoms with Gasteiger partial charge < -0.3 is 4.57 Å². The van der Waals surface area contributed by atoms with Gasteiger partial charge in [-0.25, -0.2) is 4.98 Å². The maximum absolute atomic E-state index is 4.42. The number of H-pyrrole nitrogens is 1. The van der Waals surface area contributed by atoms with Crippen molar-refractivity contribution in [3.05, 3.63) is 43.0 Å². The van der Waals surface area contributed by atoms with E-state index in [0.29, 0.717) is 5.82 Å². The van der Waals surface area contributed by atoms with E-state index < -0.39 is 0 Å². The summed E-state index contributed by atoms with van der Waals surface area (Å²) in [6.45, 7) is 0.772. The van der Waals surface area contributed by atoms with Crippen LogP contribution in [0.25, 0.3) is 11.4 Å². The number of rotatable bonds is 4. The van der Waals surface area contributed by atoms with Crippen molar-refractivity contribution in [2.45, 2.75) is 13.0 Å². The molecule has 0 unspecified atom stereocenters. The number of hydrogen-bond donors (Lipinski definition) is 1. The van der Waals surface area contributed by atoms with Crippen LogP contribution in [-0.4, -0.2) is 34.9 Å². The van der Waals surface area contributed by atoms with Gasteiger partial charge in [-0.1, -0.05) is 0 Å². The summed E-state index contributed by atoms with van der Waals surface area (Å²) < 4.78 is 1.90. The molecule has 0 aliphatic rings. The van der Waals surface area contributed by atoms with E-state index in [1.807, 2.05) is 16.7 Å². The second-order valence-electron chi connectivity index (χ2n) is 3.80. The average Bonchev–Trinajstić information content (AvgIpc) is 3.09. The van der Waals surface area contributed by atoms with Gasteiger partial charge in [0, 0.05) is 30.9 Å². The second-order valence-corrected chi connectivity index (χ2v) is 3.80. The lowest BCUT2D eigenvalue weighted by Crippen LogP contribution is -2.00. The Morgan fingerprint density at radius 3 is 2.89 bits per heavy atom. The van der Waals surface area contributed by atoms with Gasteiger partial charge in [-0.2, -0.15) is 5.10 Å². The molecule has 3 aromatic heterocycles. The zero-order chi connectivity index (χ0) is 12.2. The van der Waals surface area contributed by atoms with Crippen molar-refractivity contribution >= 4 is 0 Å². The number of hydrogen-bond acceptors (Lipinski definition) is 5. The van der Waals surface area contributed by atoms with Crippen LogP contribution >= 0.6 is 0 Å². The molecule has 0 aliphatic carbocycles. The van der Waals surface area contributed by atoms with Gasteiger partial charge in [-0.15, -0.1) is 10.2 Å². The van der Waals surface area contributed by atoms with E-state index >= 15 is 0 Å². The normalized spacial score (nSPS) is 10.7. The van der Waals surface area contributed by atoms with Gasteiger partial charge in [0.25, 0.3) is 0 Å². The quantitative estimate of drug-likeness (QED) is 0.726. The first-order chi connectivity index (χ1) is 8.92. The topological polar surface area (TPSA) is 85.2 Å². The third-order valence-corrected chi connectivity index (χ3v) is 2.52. The molecule has 1 N–H and O–H groups in total. The van der Waals surface area contributed by atoms with Crippen LogP contribution < -0.4 is 0 Å². The third kappa shape index (κ3) is 2.24. The van der Waals surface area contributed by atoms with Crippen molar-refractivity contribution < 1.29 is 0 Å². The molecular weight excluding hydrogens is 230 g/mol. The van der Waals surface area contributed by atoms with Gasteiger partial charge in [0.2, 0.25) is 0 Å². The largest absolute Gasteiger partial charge is 0.320 e. The predicted molar refractivity (Wildman–Crippen MR) is 63.3 cm³/mol. The number of aromatic amines is 1. The smallest absolute Gasteiger partial charge is 0.182 e. The molecule has 3 heterocycles. The fourth-order valence-electron chi connectivity index (χ4n) is 1.60. The molecule has 0 aliphatic heterocycles. The standard InChI is InChI=1S/C11H11N7/c1-2-9(6-12-4-1)11-15-10(16-17-11)3-5-18-7-13-14-8-18/h1-2,4,6-8H,3,5H2,(H,15,16,17). The third-order valence-electron chi connectivity index (χ3n) is 2.52. The molecule has 7 heteroatoms. The number of aromatic nitrogens is 7. The second kappa shape index (κ2) is 4.74. The fraction of sp³-hybridized carbons (Fsp3) is 0.182. The van der Waals surface area contributed by atoms with Crippen LogP contribution in [0.5, 0.6) is 0 Å². The molecule has 18 heavy (non-hydrogen) atoms. The summed E-state index contributed by atoms with van der Waals surface area (Å²) in [6, 6.07) is 3.79. The molecule has 0 spiro atoms.